The predicted octanol–water partition coefficient (Wildman–Crippen LogP) is 2.55. The Bertz CT molecular complexity index is 368. The molecule has 0 aromatic rings. The average molecular weight is 269 g/mol. The van der Waals surface area contributed by atoms with Crippen molar-refractivity contribution in [2.45, 2.75) is 58.1 Å². The maximum atomic E-state index is 11.7. The van der Waals surface area contributed by atoms with Crippen LogP contribution in [-0.4, -0.2) is 30.8 Å². The third-order valence-corrected chi connectivity index (χ3v) is 2.78. The lowest BCUT2D eigenvalue weighted by molar-refractivity contribution is -0.143. The molecule has 0 unspecified atom stereocenters. The Hall–Kier alpha value is -1.52. The third-order valence-electron chi connectivity index (χ3n) is 2.78. The van der Waals surface area contributed by atoms with Crippen LogP contribution >= 0.6 is 0 Å². The van der Waals surface area contributed by atoms with E-state index >= 15 is 0 Å². The van der Waals surface area contributed by atoms with Crippen molar-refractivity contribution in [2.75, 3.05) is 7.11 Å². The largest absolute Gasteiger partial charge is 0.467 e. The van der Waals surface area contributed by atoms with Gasteiger partial charge in [-0.1, -0.05) is 11.6 Å². The van der Waals surface area contributed by atoms with Gasteiger partial charge >= 0.3 is 12.1 Å². The summed E-state index contributed by atoms with van der Waals surface area (Å²) in [5.41, 5.74) is 0.601. The molecule has 1 amide bonds. The Morgan fingerprint density at radius 2 is 2.11 bits per heavy atom. The molecule has 1 aliphatic rings. The second kappa shape index (κ2) is 6.59. The highest BCUT2D eigenvalue weighted by Crippen LogP contribution is 2.22. The summed E-state index contributed by atoms with van der Waals surface area (Å²) in [6.45, 7) is 5.33. The highest BCUT2D eigenvalue weighted by atomic mass is 16.6. The summed E-state index contributed by atoms with van der Waals surface area (Å²) in [6, 6.07) is -0.677. The van der Waals surface area contributed by atoms with Crippen molar-refractivity contribution >= 4 is 12.1 Å². The Morgan fingerprint density at radius 1 is 1.42 bits per heavy atom. The minimum Gasteiger partial charge on any atom is -0.467 e. The van der Waals surface area contributed by atoms with Gasteiger partial charge in [0.25, 0.3) is 0 Å². The first kappa shape index (κ1) is 15.5. The minimum absolute atomic E-state index is 0.446. The molecule has 1 rings (SSSR count). The maximum Gasteiger partial charge on any atom is 0.408 e. The molecule has 19 heavy (non-hydrogen) atoms. The molecule has 5 heteroatoms. The van der Waals surface area contributed by atoms with Crippen LogP contribution in [0.5, 0.6) is 0 Å². The fraction of sp³-hybridized carbons (Fsp3) is 0.714. The second-order valence-electron chi connectivity index (χ2n) is 5.68. The van der Waals surface area contributed by atoms with Crippen molar-refractivity contribution in [2.24, 2.45) is 0 Å². The van der Waals surface area contributed by atoms with Crippen LogP contribution in [0.3, 0.4) is 0 Å². The van der Waals surface area contributed by atoms with Gasteiger partial charge in [-0.3, -0.25) is 0 Å². The van der Waals surface area contributed by atoms with E-state index in [0.717, 1.165) is 19.3 Å². The topological polar surface area (TPSA) is 64.6 Å². The number of nitrogens with one attached hydrogen (secondary N) is 1. The molecule has 1 atom stereocenters. The van der Waals surface area contributed by atoms with Crippen LogP contribution in [0.2, 0.25) is 0 Å². The molecule has 0 radical (unpaired) electrons. The summed E-state index contributed by atoms with van der Waals surface area (Å²) in [5.74, 6) is -0.446. The molecule has 1 aliphatic carbocycles. The third kappa shape index (κ3) is 5.77. The van der Waals surface area contributed by atoms with E-state index in [1.807, 2.05) is 0 Å². The van der Waals surface area contributed by atoms with Gasteiger partial charge in [0, 0.05) is 0 Å². The van der Waals surface area contributed by atoms with Crippen LogP contribution in [0.1, 0.15) is 46.5 Å². The second-order valence-corrected chi connectivity index (χ2v) is 5.68. The lowest BCUT2D eigenvalue weighted by atomic mass is 10.1. The molecular formula is C14H23NO4. The van der Waals surface area contributed by atoms with Gasteiger partial charge in [-0.25, -0.2) is 9.59 Å². The first-order valence-corrected chi connectivity index (χ1v) is 6.57. The zero-order chi connectivity index (χ0) is 14.5. The van der Waals surface area contributed by atoms with E-state index in [9.17, 15) is 9.59 Å². The van der Waals surface area contributed by atoms with E-state index in [1.54, 1.807) is 20.8 Å². The summed E-state index contributed by atoms with van der Waals surface area (Å²) in [7, 11) is 1.31. The van der Waals surface area contributed by atoms with Gasteiger partial charge in [0.05, 0.1) is 7.11 Å². The molecule has 0 saturated carbocycles. The SMILES string of the molecule is COC(=O)[C@H](CC1=CCCC1)NC(=O)OC(C)(C)C. The molecule has 0 aromatic carbocycles. The summed E-state index contributed by atoms with van der Waals surface area (Å²) in [6.07, 6.45) is 5.13. The Balaban J connectivity index is 2.59. The molecule has 0 fully saturated rings. The Labute approximate surface area is 114 Å². The molecule has 0 spiro atoms. The van der Waals surface area contributed by atoms with E-state index in [0.29, 0.717) is 6.42 Å². The number of hydrogen-bond acceptors (Lipinski definition) is 4. The normalized spacial score (nSPS) is 16.5. The van der Waals surface area contributed by atoms with Crippen molar-refractivity contribution in [1.29, 1.82) is 0 Å². The number of carbonyl (C=O) groups excluding carboxylic acids is 2. The van der Waals surface area contributed by atoms with Crippen molar-refractivity contribution in [1.82, 2.24) is 5.32 Å². The first-order valence-electron chi connectivity index (χ1n) is 6.57. The van der Waals surface area contributed by atoms with E-state index in [1.165, 1.54) is 12.7 Å². The molecule has 0 bridgehead atoms. The number of methoxy groups -OCH3 is 1. The van der Waals surface area contributed by atoms with Crippen LogP contribution in [-0.2, 0) is 14.3 Å². The number of amides is 1. The molecule has 0 saturated heterocycles. The number of esters is 1. The number of allylic oxidation sites excluding steroid dienone is 1. The standard InChI is InChI=1S/C14H23NO4/c1-14(2,3)19-13(17)15-11(12(16)18-4)9-10-7-5-6-8-10/h7,11H,5-6,8-9H2,1-4H3,(H,15,17)/t11-/m0/s1. The molecule has 0 heterocycles. The molecule has 5 nitrogen and oxygen atoms in total. The number of rotatable bonds is 4. The van der Waals surface area contributed by atoms with Crippen LogP contribution in [0.15, 0.2) is 11.6 Å². The highest BCUT2D eigenvalue weighted by Gasteiger charge is 2.26. The van der Waals surface area contributed by atoms with Gasteiger partial charge in [0.1, 0.15) is 11.6 Å². The van der Waals surface area contributed by atoms with Crippen molar-refractivity contribution in [3.05, 3.63) is 11.6 Å². The number of hydrogen-bond donors (Lipinski definition) is 1. The Kier molecular flexibility index (Phi) is 5.39. The van der Waals surface area contributed by atoms with Crippen LogP contribution < -0.4 is 5.32 Å². The zero-order valence-electron chi connectivity index (χ0n) is 12.1. The lowest BCUT2D eigenvalue weighted by Gasteiger charge is -2.22. The predicted molar refractivity (Wildman–Crippen MR) is 71.7 cm³/mol. The fourth-order valence-electron chi connectivity index (χ4n) is 1.97. The van der Waals surface area contributed by atoms with E-state index in [2.05, 4.69) is 11.4 Å². The van der Waals surface area contributed by atoms with Crippen LogP contribution in [0.25, 0.3) is 0 Å². The number of alkyl carbamates (subject to hydrolysis) is 1. The number of carbonyl (C=O) groups is 2. The molecule has 0 aromatic heterocycles. The van der Waals surface area contributed by atoms with Gasteiger partial charge < -0.3 is 14.8 Å². The summed E-state index contributed by atoms with van der Waals surface area (Å²) >= 11 is 0. The Morgan fingerprint density at radius 3 is 2.58 bits per heavy atom. The van der Waals surface area contributed by atoms with Gasteiger partial charge in [-0.05, 0) is 46.5 Å². The lowest BCUT2D eigenvalue weighted by Crippen LogP contribution is -2.44. The number of ether oxygens (including phenoxy) is 2. The molecular weight excluding hydrogens is 246 g/mol. The maximum absolute atomic E-state index is 11.7. The highest BCUT2D eigenvalue weighted by molar-refractivity contribution is 5.81. The van der Waals surface area contributed by atoms with Crippen LogP contribution in [0, 0.1) is 0 Å². The molecule has 1 N–H and O–H groups in total. The summed E-state index contributed by atoms with van der Waals surface area (Å²) < 4.78 is 9.87. The average Bonchev–Trinajstić information content (AvgIpc) is 2.77. The fourth-order valence-corrected chi connectivity index (χ4v) is 1.97. The summed E-state index contributed by atoms with van der Waals surface area (Å²) in [4.78, 5) is 23.4. The van der Waals surface area contributed by atoms with Crippen molar-refractivity contribution in [3.63, 3.8) is 0 Å². The van der Waals surface area contributed by atoms with Gasteiger partial charge in [0.2, 0.25) is 0 Å². The van der Waals surface area contributed by atoms with Crippen molar-refractivity contribution in [3.8, 4) is 0 Å². The van der Waals surface area contributed by atoms with Crippen molar-refractivity contribution < 1.29 is 19.1 Å². The quantitative estimate of drug-likeness (QED) is 0.629. The molecule has 0 aliphatic heterocycles. The monoisotopic (exact) mass is 269 g/mol. The molecule has 108 valence electrons. The van der Waals surface area contributed by atoms with E-state index < -0.39 is 23.7 Å². The van der Waals surface area contributed by atoms with Gasteiger partial charge in [0.15, 0.2) is 0 Å². The first-order chi connectivity index (χ1) is 8.81. The van der Waals surface area contributed by atoms with Gasteiger partial charge in [-0.15, -0.1) is 0 Å². The van der Waals surface area contributed by atoms with E-state index in [4.69, 9.17) is 9.47 Å². The van der Waals surface area contributed by atoms with Crippen LogP contribution in [0.4, 0.5) is 4.79 Å². The minimum atomic E-state index is -0.677. The van der Waals surface area contributed by atoms with E-state index in [-0.39, 0.29) is 0 Å². The van der Waals surface area contributed by atoms with Gasteiger partial charge in [-0.2, -0.15) is 0 Å². The summed E-state index contributed by atoms with van der Waals surface area (Å²) in [5, 5.41) is 2.57. The smallest absolute Gasteiger partial charge is 0.408 e. The zero-order valence-corrected chi connectivity index (χ0v) is 12.1.